The van der Waals surface area contributed by atoms with Gasteiger partial charge < -0.3 is 10.5 Å². The first-order chi connectivity index (χ1) is 11.4. The Labute approximate surface area is 150 Å². The zero-order chi connectivity index (χ0) is 17.7. The summed E-state index contributed by atoms with van der Waals surface area (Å²) in [5, 5.41) is 6.13. The molecule has 0 fully saturated rings. The van der Waals surface area contributed by atoms with Gasteiger partial charge in [-0.3, -0.25) is 10.1 Å². The van der Waals surface area contributed by atoms with Crippen LogP contribution >= 0.6 is 35.3 Å². The maximum atomic E-state index is 11.8. The first kappa shape index (κ1) is 18.1. The largest absolute Gasteiger partial charge is 0.452 e. The Morgan fingerprint density at radius 1 is 1.38 bits per heavy atom. The summed E-state index contributed by atoms with van der Waals surface area (Å²) in [4.78, 5) is 33.5. The number of esters is 1. The number of primary amides is 1. The predicted molar refractivity (Wildman–Crippen MR) is 92.1 cm³/mol. The molecular weight excluding hydrogens is 372 g/mol. The first-order valence-corrected chi connectivity index (χ1v) is 8.86. The van der Waals surface area contributed by atoms with Crippen molar-refractivity contribution < 1.29 is 19.1 Å². The Kier molecular flexibility index (Phi) is 6.06. The number of benzene rings is 1. The van der Waals surface area contributed by atoms with E-state index < -0.39 is 24.5 Å². The van der Waals surface area contributed by atoms with Crippen molar-refractivity contribution >= 4 is 53.2 Å². The van der Waals surface area contributed by atoms with Crippen LogP contribution in [0.2, 0.25) is 0 Å². The maximum Gasteiger partial charge on any atom is 0.338 e. The smallest absolute Gasteiger partial charge is 0.338 e. The maximum absolute atomic E-state index is 11.8. The summed E-state index contributed by atoms with van der Waals surface area (Å²) in [6, 6.07) is 5.39. The molecular formula is C13H12N4O4S3. The molecule has 0 aliphatic carbocycles. The van der Waals surface area contributed by atoms with Crippen molar-refractivity contribution in [1.82, 2.24) is 15.1 Å². The number of hydrogen-bond donors (Lipinski definition) is 2. The molecule has 2 aromatic rings. The standard InChI is InChI=1S/C13H12N4O4S3/c1-23-12-16-17(13(22)24-12)8-4-2-7(3-5-8)10(19)21-6-9(18)15-11(14)20/h2-5H,6H2,1H3,(H3,14,15,18,20). The Morgan fingerprint density at radius 3 is 2.58 bits per heavy atom. The van der Waals surface area contributed by atoms with Gasteiger partial charge in [-0.2, -0.15) is 0 Å². The molecule has 0 radical (unpaired) electrons. The molecule has 0 unspecified atom stereocenters. The molecule has 8 nitrogen and oxygen atoms in total. The third-order valence-corrected chi connectivity index (χ3v) is 4.86. The van der Waals surface area contributed by atoms with Gasteiger partial charge in [0.1, 0.15) is 0 Å². The van der Waals surface area contributed by atoms with Gasteiger partial charge in [-0.25, -0.2) is 14.3 Å². The lowest BCUT2D eigenvalue weighted by Gasteiger charge is -2.05. The van der Waals surface area contributed by atoms with Gasteiger partial charge in [0.15, 0.2) is 14.9 Å². The number of nitrogens with two attached hydrogens (primary N) is 1. The van der Waals surface area contributed by atoms with Crippen molar-refractivity contribution in [3.8, 4) is 5.69 Å². The van der Waals surface area contributed by atoms with Gasteiger partial charge in [-0.15, -0.1) is 5.10 Å². The molecule has 11 heteroatoms. The van der Waals surface area contributed by atoms with E-state index in [0.29, 0.717) is 9.64 Å². The van der Waals surface area contributed by atoms with Gasteiger partial charge in [0.25, 0.3) is 5.91 Å². The van der Waals surface area contributed by atoms with Gasteiger partial charge in [0.2, 0.25) is 0 Å². The number of thioether (sulfide) groups is 1. The molecule has 0 saturated carbocycles. The van der Waals surface area contributed by atoms with Crippen LogP contribution < -0.4 is 11.1 Å². The Balaban J connectivity index is 2.04. The van der Waals surface area contributed by atoms with Crippen LogP contribution in [0.5, 0.6) is 0 Å². The SMILES string of the molecule is CSc1nn(-c2ccc(C(=O)OCC(=O)NC(N)=O)cc2)c(=S)s1. The molecule has 1 aromatic heterocycles. The number of nitrogens with one attached hydrogen (secondary N) is 1. The minimum atomic E-state index is -1.01. The molecule has 1 aromatic carbocycles. The van der Waals surface area contributed by atoms with Crippen LogP contribution in [0.15, 0.2) is 28.6 Å². The van der Waals surface area contributed by atoms with E-state index in [4.69, 9.17) is 22.7 Å². The summed E-state index contributed by atoms with van der Waals surface area (Å²) in [6.07, 6.45) is 1.91. The predicted octanol–water partition coefficient (Wildman–Crippen LogP) is 1.74. The van der Waals surface area contributed by atoms with E-state index in [9.17, 15) is 14.4 Å². The Morgan fingerprint density at radius 2 is 2.04 bits per heavy atom. The van der Waals surface area contributed by atoms with Gasteiger partial charge in [0, 0.05) is 0 Å². The van der Waals surface area contributed by atoms with Gasteiger partial charge in [-0.1, -0.05) is 23.1 Å². The second-order valence-corrected chi connectivity index (χ2v) is 6.96. The van der Waals surface area contributed by atoms with Crippen LogP contribution in [-0.2, 0) is 9.53 Å². The van der Waals surface area contributed by atoms with Crippen LogP contribution in [0, 0.1) is 3.95 Å². The third kappa shape index (κ3) is 4.63. The van der Waals surface area contributed by atoms with E-state index in [1.165, 1.54) is 35.2 Å². The van der Waals surface area contributed by atoms with Crippen molar-refractivity contribution in [3.63, 3.8) is 0 Å². The molecule has 0 spiro atoms. The number of carbonyl (C=O) groups excluding carboxylic acids is 3. The van der Waals surface area contributed by atoms with E-state index in [-0.39, 0.29) is 5.56 Å². The van der Waals surface area contributed by atoms with Crippen LogP contribution in [0.25, 0.3) is 5.69 Å². The number of hydrogen-bond acceptors (Lipinski definition) is 8. The first-order valence-electron chi connectivity index (χ1n) is 6.41. The molecule has 0 bridgehead atoms. The lowest BCUT2D eigenvalue weighted by molar-refractivity contribution is -0.123. The fourth-order valence-electron chi connectivity index (χ4n) is 1.63. The highest BCUT2D eigenvalue weighted by molar-refractivity contribution is 8.00. The average Bonchev–Trinajstić information content (AvgIpc) is 2.93. The molecule has 0 saturated heterocycles. The number of aromatic nitrogens is 2. The van der Waals surface area contributed by atoms with Crippen molar-refractivity contribution in [2.45, 2.75) is 4.34 Å². The van der Waals surface area contributed by atoms with Crippen molar-refractivity contribution in [2.75, 3.05) is 12.9 Å². The van der Waals surface area contributed by atoms with Crippen molar-refractivity contribution in [3.05, 3.63) is 33.8 Å². The highest BCUT2D eigenvalue weighted by atomic mass is 32.2. The minimum absolute atomic E-state index is 0.248. The second kappa shape index (κ2) is 8.04. The number of imide groups is 1. The molecule has 2 rings (SSSR count). The van der Waals surface area contributed by atoms with Crippen LogP contribution in [-0.4, -0.2) is 40.6 Å². The summed E-state index contributed by atoms with van der Waals surface area (Å²) in [6.45, 7) is -0.599. The Hall–Kier alpha value is -2.24. The Bertz CT molecular complexity index is 828. The minimum Gasteiger partial charge on any atom is -0.452 e. The summed E-state index contributed by atoms with van der Waals surface area (Å²) >= 11 is 8.13. The third-order valence-electron chi connectivity index (χ3n) is 2.65. The number of rotatable bonds is 5. The molecule has 0 aliphatic heterocycles. The van der Waals surface area contributed by atoms with Crippen LogP contribution in [0.1, 0.15) is 10.4 Å². The number of nitrogens with zero attached hydrogens (tertiary/aromatic N) is 2. The molecule has 0 atom stereocenters. The lowest BCUT2D eigenvalue weighted by Crippen LogP contribution is -2.37. The van der Waals surface area contributed by atoms with E-state index in [1.807, 2.05) is 6.26 Å². The van der Waals surface area contributed by atoms with Crippen LogP contribution in [0.4, 0.5) is 4.79 Å². The monoisotopic (exact) mass is 384 g/mol. The van der Waals surface area contributed by atoms with Gasteiger partial charge >= 0.3 is 12.0 Å². The van der Waals surface area contributed by atoms with E-state index in [2.05, 4.69) is 5.10 Å². The van der Waals surface area contributed by atoms with Gasteiger partial charge in [-0.05, 0) is 42.7 Å². The molecule has 0 aliphatic rings. The van der Waals surface area contributed by atoms with E-state index in [1.54, 1.807) is 22.1 Å². The number of amides is 3. The van der Waals surface area contributed by atoms with E-state index >= 15 is 0 Å². The highest BCUT2D eigenvalue weighted by Gasteiger charge is 2.12. The summed E-state index contributed by atoms with van der Waals surface area (Å²) in [7, 11) is 0. The zero-order valence-electron chi connectivity index (χ0n) is 12.3. The quantitative estimate of drug-likeness (QED) is 0.458. The summed E-state index contributed by atoms with van der Waals surface area (Å²) < 4.78 is 7.81. The average molecular weight is 384 g/mol. The number of ether oxygens (including phenoxy) is 1. The van der Waals surface area contributed by atoms with E-state index in [0.717, 1.165) is 4.34 Å². The highest BCUT2D eigenvalue weighted by Crippen LogP contribution is 2.22. The molecule has 24 heavy (non-hydrogen) atoms. The topological polar surface area (TPSA) is 116 Å². The lowest BCUT2D eigenvalue weighted by atomic mass is 10.2. The summed E-state index contributed by atoms with van der Waals surface area (Å²) in [5.41, 5.74) is 5.73. The van der Waals surface area contributed by atoms with Crippen molar-refractivity contribution in [2.24, 2.45) is 5.73 Å². The molecule has 126 valence electrons. The normalized spacial score (nSPS) is 10.2. The fraction of sp³-hybridized carbons (Fsp3) is 0.154. The zero-order valence-corrected chi connectivity index (χ0v) is 14.8. The van der Waals surface area contributed by atoms with Gasteiger partial charge in [0.05, 0.1) is 11.3 Å². The van der Waals surface area contributed by atoms with Crippen molar-refractivity contribution in [1.29, 1.82) is 0 Å². The second-order valence-electron chi connectivity index (χ2n) is 4.29. The molecule has 3 N–H and O–H groups in total. The molecule has 1 heterocycles. The molecule has 3 amide bonds. The summed E-state index contributed by atoms with van der Waals surface area (Å²) in [5.74, 6) is -1.50. The van der Waals surface area contributed by atoms with Crippen LogP contribution in [0.3, 0.4) is 0 Å². The number of urea groups is 1. The number of carbonyl (C=O) groups is 3. The fourth-order valence-corrected chi connectivity index (χ4v) is 3.41.